The molecule has 2 nitrogen and oxygen atoms in total. The molecule has 0 spiro atoms. The van der Waals surface area contributed by atoms with E-state index in [2.05, 4.69) is 5.32 Å². The molecule has 18 heavy (non-hydrogen) atoms. The van der Waals surface area contributed by atoms with Crippen molar-refractivity contribution in [3.8, 4) is 0 Å². The first kappa shape index (κ1) is 14.9. The van der Waals surface area contributed by atoms with Crippen LogP contribution in [0.5, 0.6) is 0 Å². The lowest BCUT2D eigenvalue weighted by Gasteiger charge is -2.19. The van der Waals surface area contributed by atoms with Gasteiger partial charge in [-0.1, -0.05) is 12.1 Å². The molecule has 1 rings (SSSR count). The van der Waals surface area contributed by atoms with Gasteiger partial charge in [-0.15, -0.1) is 0 Å². The molecule has 2 atom stereocenters. The Bertz CT molecular complexity index is 406. The number of aryl methyl sites for hydroxylation is 1. The van der Waals surface area contributed by atoms with Gasteiger partial charge in [-0.05, 0) is 31.0 Å². The van der Waals surface area contributed by atoms with Crippen LogP contribution in [0.25, 0.3) is 0 Å². The number of halogens is 4. The molecular formula is C12H15F4NO. The van der Waals surface area contributed by atoms with Gasteiger partial charge in [-0.3, -0.25) is 0 Å². The molecule has 0 heterocycles. The van der Waals surface area contributed by atoms with Crippen LogP contribution >= 0.6 is 0 Å². The van der Waals surface area contributed by atoms with Crippen LogP contribution in [-0.2, 0) is 0 Å². The molecule has 0 bridgehead atoms. The van der Waals surface area contributed by atoms with Crippen LogP contribution in [0, 0.1) is 12.7 Å². The number of aliphatic hydroxyl groups excluding tert-OH is 1. The molecule has 0 amide bonds. The highest BCUT2D eigenvalue weighted by Crippen LogP contribution is 2.21. The molecule has 0 saturated carbocycles. The predicted octanol–water partition coefficient (Wildman–Crippen LogP) is 2.71. The summed E-state index contributed by atoms with van der Waals surface area (Å²) in [6.07, 6.45) is -7.07. The Morgan fingerprint density at radius 1 is 1.33 bits per heavy atom. The van der Waals surface area contributed by atoms with Crippen LogP contribution in [0.4, 0.5) is 17.6 Å². The summed E-state index contributed by atoms with van der Waals surface area (Å²) in [6, 6.07) is 3.99. The second-order valence-corrected chi connectivity index (χ2v) is 4.20. The van der Waals surface area contributed by atoms with Gasteiger partial charge in [0, 0.05) is 12.6 Å². The lowest BCUT2D eigenvalue weighted by molar-refractivity contribution is -0.202. The van der Waals surface area contributed by atoms with Crippen molar-refractivity contribution in [3.05, 3.63) is 35.1 Å². The largest absolute Gasteiger partial charge is 0.415 e. The molecule has 0 aliphatic heterocycles. The van der Waals surface area contributed by atoms with Crippen molar-refractivity contribution in [2.75, 3.05) is 6.54 Å². The van der Waals surface area contributed by atoms with Gasteiger partial charge in [-0.25, -0.2) is 4.39 Å². The maximum atomic E-state index is 13.3. The van der Waals surface area contributed by atoms with Crippen molar-refractivity contribution in [1.29, 1.82) is 0 Å². The van der Waals surface area contributed by atoms with Gasteiger partial charge >= 0.3 is 6.18 Å². The Labute approximate surface area is 103 Å². The molecule has 0 aliphatic rings. The lowest BCUT2D eigenvalue weighted by atomic mass is 10.1. The monoisotopic (exact) mass is 265 g/mol. The van der Waals surface area contributed by atoms with Crippen molar-refractivity contribution in [1.82, 2.24) is 5.32 Å². The van der Waals surface area contributed by atoms with Crippen LogP contribution in [0.15, 0.2) is 18.2 Å². The standard InChI is InChI=1S/C12H15F4NO/c1-7-3-4-9(5-10(7)13)8(2)17-6-11(18)12(14,15)16/h3-5,8,11,17-18H,6H2,1-2H3. The van der Waals surface area contributed by atoms with E-state index in [9.17, 15) is 17.6 Å². The van der Waals surface area contributed by atoms with Gasteiger partial charge in [0.25, 0.3) is 0 Å². The van der Waals surface area contributed by atoms with Gasteiger partial charge in [0.15, 0.2) is 6.10 Å². The van der Waals surface area contributed by atoms with Crippen LogP contribution in [0.1, 0.15) is 24.1 Å². The molecule has 0 aromatic heterocycles. The summed E-state index contributed by atoms with van der Waals surface area (Å²) in [6.45, 7) is 2.58. The summed E-state index contributed by atoms with van der Waals surface area (Å²) in [5.74, 6) is -0.405. The van der Waals surface area contributed by atoms with E-state index in [0.717, 1.165) is 0 Å². The summed E-state index contributed by atoms with van der Waals surface area (Å²) in [5, 5.41) is 11.3. The average Bonchev–Trinajstić information content (AvgIpc) is 2.27. The molecule has 0 radical (unpaired) electrons. The fourth-order valence-electron chi connectivity index (χ4n) is 1.40. The minimum Gasteiger partial charge on any atom is -0.382 e. The molecule has 1 aromatic carbocycles. The minimum atomic E-state index is -4.65. The Morgan fingerprint density at radius 3 is 2.44 bits per heavy atom. The first-order valence-electron chi connectivity index (χ1n) is 5.46. The maximum Gasteiger partial charge on any atom is 0.415 e. The second-order valence-electron chi connectivity index (χ2n) is 4.20. The normalized spacial score (nSPS) is 15.5. The Balaban J connectivity index is 2.60. The third kappa shape index (κ3) is 3.96. The van der Waals surface area contributed by atoms with Crippen molar-refractivity contribution < 1.29 is 22.7 Å². The Kier molecular flexibility index (Phi) is 4.70. The molecular weight excluding hydrogens is 250 g/mol. The van der Waals surface area contributed by atoms with Crippen molar-refractivity contribution in [3.63, 3.8) is 0 Å². The zero-order valence-electron chi connectivity index (χ0n) is 10.1. The van der Waals surface area contributed by atoms with Gasteiger partial charge in [0.2, 0.25) is 0 Å². The Hall–Kier alpha value is -1.14. The molecule has 102 valence electrons. The molecule has 2 unspecified atom stereocenters. The van der Waals surface area contributed by atoms with Gasteiger partial charge in [0.05, 0.1) is 0 Å². The second kappa shape index (κ2) is 5.67. The number of alkyl halides is 3. The first-order chi connectivity index (χ1) is 8.21. The minimum absolute atomic E-state index is 0.405. The third-order valence-corrected chi connectivity index (χ3v) is 2.69. The molecule has 0 fully saturated rings. The number of benzene rings is 1. The topological polar surface area (TPSA) is 32.3 Å². The molecule has 0 aliphatic carbocycles. The summed E-state index contributed by atoms with van der Waals surface area (Å²) >= 11 is 0. The first-order valence-corrected chi connectivity index (χ1v) is 5.46. The summed E-state index contributed by atoms with van der Waals surface area (Å²) in [7, 11) is 0. The average molecular weight is 265 g/mol. The fraction of sp³-hybridized carbons (Fsp3) is 0.500. The predicted molar refractivity (Wildman–Crippen MR) is 59.6 cm³/mol. The molecule has 0 saturated heterocycles. The molecule has 1 aromatic rings. The van der Waals surface area contributed by atoms with E-state index in [-0.39, 0.29) is 0 Å². The number of hydrogen-bond donors (Lipinski definition) is 2. The summed E-state index contributed by atoms with van der Waals surface area (Å²) in [4.78, 5) is 0. The van der Waals surface area contributed by atoms with Gasteiger partial charge in [0.1, 0.15) is 5.82 Å². The van der Waals surface area contributed by atoms with E-state index in [4.69, 9.17) is 5.11 Å². The number of nitrogens with one attached hydrogen (secondary N) is 1. The highest BCUT2D eigenvalue weighted by Gasteiger charge is 2.37. The van der Waals surface area contributed by atoms with Crippen LogP contribution in [0.3, 0.4) is 0 Å². The number of rotatable bonds is 4. The van der Waals surface area contributed by atoms with E-state index in [1.54, 1.807) is 26.0 Å². The third-order valence-electron chi connectivity index (χ3n) is 2.69. The summed E-state index contributed by atoms with van der Waals surface area (Å²) in [5.41, 5.74) is 1.01. The quantitative estimate of drug-likeness (QED) is 0.820. The van der Waals surface area contributed by atoms with Gasteiger partial charge in [-0.2, -0.15) is 13.2 Å². The molecule has 6 heteroatoms. The zero-order valence-corrected chi connectivity index (χ0v) is 10.1. The number of hydrogen-bond acceptors (Lipinski definition) is 2. The molecule has 2 N–H and O–H groups in total. The van der Waals surface area contributed by atoms with E-state index < -0.39 is 30.7 Å². The van der Waals surface area contributed by atoms with E-state index >= 15 is 0 Å². The highest BCUT2D eigenvalue weighted by molar-refractivity contribution is 5.25. The van der Waals surface area contributed by atoms with Crippen molar-refractivity contribution >= 4 is 0 Å². The zero-order chi connectivity index (χ0) is 13.9. The lowest BCUT2D eigenvalue weighted by Crippen LogP contribution is -2.39. The SMILES string of the molecule is Cc1ccc(C(C)NCC(O)C(F)(F)F)cc1F. The van der Waals surface area contributed by atoms with E-state index in [1.165, 1.54) is 6.07 Å². The fourth-order valence-corrected chi connectivity index (χ4v) is 1.40. The van der Waals surface area contributed by atoms with Crippen molar-refractivity contribution in [2.45, 2.75) is 32.2 Å². The smallest absolute Gasteiger partial charge is 0.382 e. The number of aliphatic hydroxyl groups is 1. The van der Waals surface area contributed by atoms with Crippen LogP contribution in [-0.4, -0.2) is 23.9 Å². The van der Waals surface area contributed by atoms with Gasteiger partial charge < -0.3 is 10.4 Å². The van der Waals surface area contributed by atoms with Crippen LogP contribution in [0.2, 0.25) is 0 Å². The maximum absolute atomic E-state index is 13.3. The summed E-state index contributed by atoms with van der Waals surface area (Å²) < 4.78 is 49.5. The van der Waals surface area contributed by atoms with E-state index in [1.807, 2.05) is 0 Å². The highest BCUT2D eigenvalue weighted by atomic mass is 19.4. The van der Waals surface area contributed by atoms with Crippen molar-refractivity contribution in [2.24, 2.45) is 0 Å². The van der Waals surface area contributed by atoms with E-state index in [0.29, 0.717) is 11.1 Å². The van der Waals surface area contributed by atoms with Crippen LogP contribution < -0.4 is 5.32 Å². The Morgan fingerprint density at radius 2 is 1.94 bits per heavy atom.